The molecule has 0 saturated carbocycles. The molecular formula is C31H38F3N3S. The second-order valence-corrected chi connectivity index (χ2v) is 9.69. The summed E-state index contributed by atoms with van der Waals surface area (Å²) in [6.45, 7) is 15.6. The van der Waals surface area contributed by atoms with Crippen LogP contribution in [0.15, 0.2) is 93.0 Å². The first-order valence-corrected chi connectivity index (χ1v) is 13.7. The highest BCUT2D eigenvalue weighted by Crippen LogP contribution is 2.34. The van der Waals surface area contributed by atoms with E-state index in [0.717, 1.165) is 30.8 Å². The van der Waals surface area contributed by atoms with Crippen molar-refractivity contribution < 1.29 is 13.2 Å². The second-order valence-electron chi connectivity index (χ2n) is 8.84. The maximum atomic E-state index is 11.2. The molecular weight excluding hydrogens is 503 g/mol. The zero-order chi connectivity index (χ0) is 28.3. The summed E-state index contributed by atoms with van der Waals surface area (Å²) in [5, 5.41) is 0. The lowest BCUT2D eigenvalue weighted by Gasteiger charge is -2.15. The van der Waals surface area contributed by atoms with Gasteiger partial charge in [0.2, 0.25) is 0 Å². The number of alkyl halides is 3. The molecule has 0 unspecified atom stereocenters. The predicted molar refractivity (Wildman–Crippen MR) is 158 cm³/mol. The maximum Gasteiger partial charge on any atom is 0.392 e. The van der Waals surface area contributed by atoms with Gasteiger partial charge in [-0.2, -0.15) is 13.2 Å². The number of benzene rings is 2. The van der Waals surface area contributed by atoms with Crippen LogP contribution in [-0.2, 0) is 6.42 Å². The molecule has 38 heavy (non-hydrogen) atoms. The van der Waals surface area contributed by atoms with Gasteiger partial charge in [-0.1, -0.05) is 69.3 Å². The van der Waals surface area contributed by atoms with E-state index >= 15 is 0 Å². The lowest BCUT2D eigenvalue weighted by Crippen LogP contribution is -2.07. The van der Waals surface area contributed by atoms with E-state index in [0.29, 0.717) is 0 Å². The molecule has 0 spiro atoms. The minimum atomic E-state index is -4.08. The van der Waals surface area contributed by atoms with Crippen molar-refractivity contribution in [3.63, 3.8) is 0 Å². The van der Waals surface area contributed by atoms with Crippen molar-refractivity contribution in [2.75, 3.05) is 6.54 Å². The average Bonchev–Trinajstić information content (AvgIpc) is 3.53. The Hall–Kier alpha value is -3.06. The van der Waals surface area contributed by atoms with Crippen LogP contribution in [0, 0.1) is 0 Å². The monoisotopic (exact) mass is 541 g/mol. The van der Waals surface area contributed by atoms with Gasteiger partial charge in [0.1, 0.15) is 0 Å². The summed E-state index contributed by atoms with van der Waals surface area (Å²) in [7, 11) is 0. The van der Waals surface area contributed by atoms with Crippen LogP contribution in [0.3, 0.4) is 0 Å². The highest BCUT2D eigenvalue weighted by molar-refractivity contribution is 7.97. The van der Waals surface area contributed by atoms with Gasteiger partial charge in [-0.05, 0) is 79.1 Å². The van der Waals surface area contributed by atoms with Crippen molar-refractivity contribution in [2.24, 2.45) is 9.98 Å². The fourth-order valence-electron chi connectivity index (χ4n) is 3.88. The summed E-state index contributed by atoms with van der Waals surface area (Å²) in [4.78, 5) is 10.2. The Morgan fingerprint density at radius 3 is 2.32 bits per heavy atom. The number of halogens is 3. The van der Waals surface area contributed by atoms with Gasteiger partial charge in [-0.3, -0.25) is 9.98 Å². The Morgan fingerprint density at radius 2 is 1.79 bits per heavy atom. The molecule has 204 valence electrons. The van der Waals surface area contributed by atoms with E-state index in [1.165, 1.54) is 45.3 Å². The van der Waals surface area contributed by atoms with Gasteiger partial charge >= 0.3 is 6.18 Å². The molecule has 0 bridgehead atoms. The zero-order valence-corrected chi connectivity index (χ0v) is 24.0. The summed E-state index contributed by atoms with van der Waals surface area (Å²) >= 11 is 1.68. The zero-order valence-electron chi connectivity index (χ0n) is 23.2. The molecule has 0 aliphatic carbocycles. The average molecular weight is 542 g/mol. The molecule has 0 atom stereocenters. The van der Waals surface area contributed by atoms with Gasteiger partial charge in [-0.25, -0.2) is 0 Å². The number of aliphatic imine (C=N–C) groups is 2. The Bertz CT molecular complexity index is 1240. The number of hydrogen-bond acceptors (Lipinski definition) is 4. The molecule has 2 aromatic rings. The highest BCUT2D eigenvalue weighted by Gasteiger charge is 2.26. The van der Waals surface area contributed by atoms with E-state index in [-0.39, 0.29) is 5.57 Å². The molecule has 3 nitrogen and oxygen atoms in total. The van der Waals surface area contributed by atoms with Crippen LogP contribution in [0.2, 0.25) is 0 Å². The van der Waals surface area contributed by atoms with Crippen LogP contribution in [0.4, 0.5) is 13.2 Å². The van der Waals surface area contributed by atoms with Gasteiger partial charge in [0.05, 0.1) is 18.7 Å². The third-order valence-corrected chi connectivity index (χ3v) is 6.82. The Kier molecular flexibility index (Phi) is 12.1. The minimum absolute atomic E-state index is 0.150. The summed E-state index contributed by atoms with van der Waals surface area (Å²) in [6, 6.07) is 15.4. The van der Waals surface area contributed by atoms with E-state index in [9.17, 15) is 13.2 Å². The first-order valence-electron chi connectivity index (χ1n) is 12.9. The molecule has 7 heteroatoms. The Morgan fingerprint density at radius 1 is 1.08 bits per heavy atom. The molecule has 2 aliphatic rings. The van der Waals surface area contributed by atoms with Gasteiger partial charge in [0.15, 0.2) is 0 Å². The number of nitrogens with one attached hydrogen (secondary N) is 1. The van der Waals surface area contributed by atoms with Crippen molar-refractivity contribution in [1.82, 2.24) is 4.72 Å². The SMILES string of the molecule is C=C(C)CC(F)(F)F.CC.CCc1cc(C2=NC=CC2)ccc1-c1ccccc1SNC1=C(C)C(C)=NC1. The van der Waals surface area contributed by atoms with Gasteiger partial charge in [0.25, 0.3) is 0 Å². The maximum absolute atomic E-state index is 11.2. The molecule has 0 aromatic heterocycles. The number of hydrogen-bond donors (Lipinski definition) is 1. The lowest BCUT2D eigenvalue weighted by atomic mass is 9.94. The Labute approximate surface area is 229 Å². The third-order valence-electron chi connectivity index (χ3n) is 5.90. The molecule has 0 radical (unpaired) electrons. The summed E-state index contributed by atoms with van der Waals surface area (Å²) in [5.41, 5.74) is 10.1. The smallest absolute Gasteiger partial charge is 0.327 e. The lowest BCUT2D eigenvalue weighted by molar-refractivity contribution is -0.126. The van der Waals surface area contributed by atoms with Crippen molar-refractivity contribution in [3.8, 4) is 11.1 Å². The number of allylic oxidation sites excluding steroid dienone is 3. The van der Waals surface area contributed by atoms with Crippen molar-refractivity contribution in [2.45, 2.75) is 71.9 Å². The van der Waals surface area contributed by atoms with Crippen molar-refractivity contribution in [3.05, 3.63) is 89.3 Å². The number of nitrogens with zero attached hydrogens (tertiary/aromatic N) is 2. The molecule has 0 amide bonds. The molecule has 2 aliphatic heterocycles. The van der Waals surface area contributed by atoms with E-state index < -0.39 is 12.6 Å². The number of aryl methyl sites for hydroxylation is 1. The molecule has 0 fully saturated rings. The van der Waals surface area contributed by atoms with Crippen LogP contribution >= 0.6 is 11.9 Å². The quantitative estimate of drug-likeness (QED) is 0.280. The van der Waals surface area contributed by atoms with Gasteiger partial charge < -0.3 is 4.72 Å². The first-order chi connectivity index (χ1) is 18.1. The van der Waals surface area contributed by atoms with Crippen molar-refractivity contribution in [1.29, 1.82) is 0 Å². The predicted octanol–water partition coefficient (Wildman–Crippen LogP) is 9.51. The largest absolute Gasteiger partial charge is 0.392 e. The minimum Gasteiger partial charge on any atom is -0.327 e. The molecule has 4 rings (SSSR count). The topological polar surface area (TPSA) is 36.8 Å². The highest BCUT2D eigenvalue weighted by atomic mass is 32.2. The molecule has 2 aromatic carbocycles. The molecule has 1 N–H and O–H groups in total. The van der Waals surface area contributed by atoms with Gasteiger partial charge in [-0.15, -0.1) is 0 Å². The summed E-state index contributed by atoms with van der Waals surface area (Å²) < 4.78 is 37.3. The molecule has 2 heterocycles. The van der Waals surface area contributed by atoms with E-state index in [4.69, 9.17) is 0 Å². The van der Waals surface area contributed by atoms with Crippen LogP contribution in [0.25, 0.3) is 11.1 Å². The van der Waals surface area contributed by atoms with E-state index in [1.807, 2.05) is 20.0 Å². The number of rotatable bonds is 7. The summed E-state index contributed by atoms with van der Waals surface area (Å²) in [6.07, 6.45) is 0.983. The van der Waals surface area contributed by atoms with Gasteiger partial charge in [0, 0.05) is 28.9 Å². The third kappa shape index (κ3) is 9.05. The van der Waals surface area contributed by atoms with Crippen molar-refractivity contribution >= 4 is 23.4 Å². The van der Waals surface area contributed by atoms with Crippen LogP contribution in [-0.4, -0.2) is 24.1 Å². The second kappa shape index (κ2) is 14.8. The van der Waals surface area contributed by atoms with E-state index in [1.54, 1.807) is 11.9 Å². The Balaban J connectivity index is 0.000000437. The van der Waals surface area contributed by atoms with Crippen LogP contribution in [0.1, 0.15) is 65.5 Å². The normalized spacial score (nSPS) is 14.2. The standard InChI is InChI=1S/C24H25N3S.C5H7F3.C2H6/c1-4-18-14-19(22-9-7-13-25-22)11-12-20(18)21-8-5-6-10-24(21)28-27-23-15-26-17(3)16(23)2;1-4(2)3-5(6,7)8;1-2/h5-8,10-14,27H,4,9,15H2,1-3H3;1,3H2,2H3;1-2H3. The van der Waals surface area contributed by atoms with Crippen LogP contribution in [0.5, 0.6) is 0 Å². The van der Waals surface area contributed by atoms with E-state index in [2.05, 4.69) is 90.6 Å². The van der Waals surface area contributed by atoms with Crippen LogP contribution < -0.4 is 4.72 Å². The fourth-order valence-corrected chi connectivity index (χ4v) is 4.76. The molecule has 0 saturated heterocycles. The fraction of sp³-hybridized carbons (Fsp3) is 0.355. The summed E-state index contributed by atoms with van der Waals surface area (Å²) in [5.74, 6) is 0. The first kappa shape index (κ1) is 31.2.